The summed E-state index contributed by atoms with van der Waals surface area (Å²) in [5.74, 6) is 0.900. The van der Waals surface area contributed by atoms with Crippen molar-refractivity contribution in [2.45, 2.75) is 44.9 Å². The molecule has 0 radical (unpaired) electrons. The summed E-state index contributed by atoms with van der Waals surface area (Å²) in [6, 6.07) is 4.56. The highest BCUT2D eigenvalue weighted by atomic mass is 16.5. The Bertz CT molecular complexity index is 658. The van der Waals surface area contributed by atoms with Gasteiger partial charge in [-0.25, -0.2) is 0 Å². The summed E-state index contributed by atoms with van der Waals surface area (Å²) in [5.41, 5.74) is 5.04. The maximum absolute atomic E-state index is 5.62. The number of fused-ring (bicyclic) bond motifs is 2. The van der Waals surface area contributed by atoms with Crippen molar-refractivity contribution in [3.8, 4) is 0 Å². The Kier molecular flexibility index (Phi) is 4.62. The minimum atomic E-state index is 0.900. The van der Waals surface area contributed by atoms with Gasteiger partial charge in [-0.05, 0) is 100 Å². The minimum Gasteiger partial charge on any atom is -0.356 e. The molecule has 2 aliphatic heterocycles. The number of benzene rings is 1. The van der Waals surface area contributed by atoms with Gasteiger partial charge in [0.15, 0.2) is 5.58 Å². The van der Waals surface area contributed by atoms with E-state index in [1.807, 2.05) is 0 Å². The van der Waals surface area contributed by atoms with Crippen LogP contribution >= 0.6 is 0 Å². The van der Waals surface area contributed by atoms with Crippen LogP contribution in [0.5, 0.6) is 0 Å². The van der Waals surface area contributed by atoms with E-state index in [2.05, 4.69) is 27.9 Å². The van der Waals surface area contributed by atoms with E-state index >= 15 is 0 Å². The van der Waals surface area contributed by atoms with Gasteiger partial charge in [-0.1, -0.05) is 5.16 Å². The molecule has 4 heteroatoms. The fraction of sp³-hybridized carbons (Fsp3) is 0.632. The van der Waals surface area contributed by atoms with Crippen molar-refractivity contribution in [1.29, 1.82) is 0 Å². The first kappa shape index (κ1) is 15.2. The van der Waals surface area contributed by atoms with Crippen molar-refractivity contribution in [3.05, 3.63) is 29.0 Å². The van der Waals surface area contributed by atoms with E-state index in [1.54, 1.807) is 0 Å². The highest BCUT2D eigenvalue weighted by molar-refractivity contribution is 5.81. The smallest absolute Gasteiger partial charge is 0.167 e. The minimum absolute atomic E-state index is 0.900. The maximum atomic E-state index is 5.62. The lowest BCUT2D eigenvalue weighted by Crippen LogP contribution is -2.27. The molecule has 0 bridgehead atoms. The Balaban J connectivity index is 1.46. The summed E-state index contributed by atoms with van der Waals surface area (Å²) in [6.07, 6.45) is 8.48. The van der Waals surface area contributed by atoms with Crippen LogP contribution in [0.2, 0.25) is 0 Å². The van der Waals surface area contributed by atoms with Crippen LogP contribution in [0.1, 0.15) is 42.5 Å². The number of rotatable bonds is 4. The first-order chi connectivity index (χ1) is 11.4. The Hall–Kier alpha value is -1.39. The molecule has 23 heavy (non-hydrogen) atoms. The molecule has 0 atom stereocenters. The van der Waals surface area contributed by atoms with Crippen molar-refractivity contribution in [2.24, 2.45) is 5.92 Å². The molecule has 1 aromatic heterocycles. The summed E-state index contributed by atoms with van der Waals surface area (Å²) >= 11 is 0. The molecule has 0 aliphatic carbocycles. The van der Waals surface area contributed by atoms with Crippen LogP contribution in [0, 0.1) is 5.92 Å². The number of aryl methyl sites for hydroxylation is 1. The quantitative estimate of drug-likeness (QED) is 0.911. The van der Waals surface area contributed by atoms with E-state index in [9.17, 15) is 0 Å². The maximum Gasteiger partial charge on any atom is 0.167 e. The highest BCUT2D eigenvalue weighted by Crippen LogP contribution is 2.27. The van der Waals surface area contributed by atoms with Gasteiger partial charge in [-0.15, -0.1) is 0 Å². The molecule has 1 saturated heterocycles. The molecule has 0 saturated carbocycles. The van der Waals surface area contributed by atoms with Crippen LogP contribution in [0.25, 0.3) is 11.0 Å². The van der Waals surface area contributed by atoms with Gasteiger partial charge in [0.1, 0.15) is 0 Å². The number of hydrogen-bond donors (Lipinski definition) is 2. The van der Waals surface area contributed by atoms with E-state index in [0.717, 1.165) is 49.5 Å². The molecule has 3 heterocycles. The molecule has 1 aromatic carbocycles. The normalized spacial score (nSPS) is 19.7. The summed E-state index contributed by atoms with van der Waals surface area (Å²) in [7, 11) is 0. The van der Waals surface area contributed by atoms with Gasteiger partial charge in [0.2, 0.25) is 0 Å². The van der Waals surface area contributed by atoms with E-state index in [4.69, 9.17) is 4.52 Å². The molecule has 4 nitrogen and oxygen atoms in total. The largest absolute Gasteiger partial charge is 0.356 e. The van der Waals surface area contributed by atoms with Gasteiger partial charge in [-0.2, -0.15) is 0 Å². The zero-order valence-electron chi connectivity index (χ0n) is 13.9. The number of piperidine rings is 1. The first-order valence-electron chi connectivity index (χ1n) is 9.21. The molecule has 2 N–H and O–H groups in total. The second kappa shape index (κ2) is 7.02. The average molecular weight is 313 g/mol. The molecule has 0 unspecified atom stereocenters. The molecule has 4 rings (SSSR count). The Morgan fingerprint density at radius 1 is 1.00 bits per heavy atom. The lowest BCUT2D eigenvalue weighted by Gasteiger charge is -2.22. The number of nitrogens with one attached hydrogen (secondary N) is 2. The summed E-state index contributed by atoms with van der Waals surface area (Å²) in [5, 5.41) is 12.5. The van der Waals surface area contributed by atoms with Gasteiger partial charge >= 0.3 is 0 Å². The van der Waals surface area contributed by atoms with Gasteiger partial charge < -0.3 is 15.2 Å². The van der Waals surface area contributed by atoms with E-state index in [1.165, 1.54) is 55.3 Å². The average Bonchev–Trinajstić information content (AvgIpc) is 2.82. The fourth-order valence-corrected chi connectivity index (χ4v) is 4.07. The van der Waals surface area contributed by atoms with Crippen LogP contribution in [-0.2, 0) is 19.3 Å². The third kappa shape index (κ3) is 3.43. The van der Waals surface area contributed by atoms with Crippen molar-refractivity contribution in [2.75, 3.05) is 26.2 Å². The standard InChI is InChI=1S/C19H27N3O/c1(2-14-4-8-20-9-5-14)3-18-17-12-15-6-10-21-11-7-16(15)13-19(17)23-22-18/h12-14,20-21H,1-11H2. The van der Waals surface area contributed by atoms with Crippen molar-refractivity contribution < 1.29 is 4.52 Å². The molecule has 2 aromatic rings. The van der Waals surface area contributed by atoms with Crippen molar-refractivity contribution >= 4 is 11.0 Å². The third-order valence-corrected chi connectivity index (χ3v) is 5.49. The molecule has 0 spiro atoms. The van der Waals surface area contributed by atoms with Crippen LogP contribution < -0.4 is 10.6 Å². The monoisotopic (exact) mass is 313 g/mol. The van der Waals surface area contributed by atoms with E-state index in [0.29, 0.717) is 0 Å². The van der Waals surface area contributed by atoms with Crippen LogP contribution in [0.15, 0.2) is 16.7 Å². The summed E-state index contributed by atoms with van der Waals surface area (Å²) in [4.78, 5) is 0. The lowest BCUT2D eigenvalue weighted by atomic mass is 9.92. The lowest BCUT2D eigenvalue weighted by molar-refractivity contribution is 0.345. The Labute approximate surface area is 138 Å². The highest BCUT2D eigenvalue weighted by Gasteiger charge is 2.16. The molecule has 2 aliphatic rings. The van der Waals surface area contributed by atoms with Gasteiger partial charge in [0.05, 0.1) is 5.69 Å². The first-order valence-corrected chi connectivity index (χ1v) is 9.21. The molecule has 0 amide bonds. The van der Waals surface area contributed by atoms with Crippen LogP contribution in [0.4, 0.5) is 0 Å². The van der Waals surface area contributed by atoms with Crippen LogP contribution in [-0.4, -0.2) is 31.3 Å². The van der Waals surface area contributed by atoms with Crippen molar-refractivity contribution in [3.63, 3.8) is 0 Å². The van der Waals surface area contributed by atoms with Crippen LogP contribution in [0.3, 0.4) is 0 Å². The SMILES string of the molecule is c1c2c(cc3c(CCCC4CCNCC4)noc13)CCNCC2. The third-order valence-electron chi connectivity index (χ3n) is 5.49. The Morgan fingerprint density at radius 3 is 2.57 bits per heavy atom. The van der Waals surface area contributed by atoms with Gasteiger partial charge in [-0.3, -0.25) is 0 Å². The molecule has 1 fully saturated rings. The van der Waals surface area contributed by atoms with Crippen molar-refractivity contribution in [1.82, 2.24) is 15.8 Å². The number of nitrogens with zero attached hydrogens (tertiary/aromatic N) is 1. The summed E-state index contributed by atoms with van der Waals surface area (Å²) in [6.45, 7) is 4.53. The predicted molar refractivity (Wildman–Crippen MR) is 92.8 cm³/mol. The zero-order chi connectivity index (χ0) is 15.5. The predicted octanol–water partition coefficient (Wildman–Crippen LogP) is 2.84. The van der Waals surface area contributed by atoms with Gasteiger partial charge in [0.25, 0.3) is 0 Å². The Morgan fingerprint density at radius 2 is 1.74 bits per heavy atom. The van der Waals surface area contributed by atoms with Gasteiger partial charge in [0, 0.05) is 5.39 Å². The molecular weight excluding hydrogens is 286 g/mol. The number of aromatic nitrogens is 1. The second-order valence-corrected chi connectivity index (χ2v) is 7.08. The molecular formula is C19H27N3O. The second-order valence-electron chi connectivity index (χ2n) is 7.08. The summed E-state index contributed by atoms with van der Waals surface area (Å²) < 4.78 is 5.62. The van der Waals surface area contributed by atoms with E-state index < -0.39 is 0 Å². The van der Waals surface area contributed by atoms with E-state index in [-0.39, 0.29) is 0 Å². The molecule has 124 valence electrons. The topological polar surface area (TPSA) is 50.1 Å². The fourth-order valence-electron chi connectivity index (χ4n) is 4.07. The zero-order valence-corrected chi connectivity index (χ0v) is 13.9. The number of hydrogen-bond acceptors (Lipinski definition) is 4.